The SMILES string of the molecule is CN(C)CCC(C(N)=O)(c1ccccc1)C(O)c1ccccc1. The Morgan fingerprint density at radius 2 is 1.61 bits per heavy atom. The number of rotatable bonds is 7. The average Bonchev–Trinajstić information content (AvgIpc) is 2.56. The average molecular weight is 312 g/mol. The van der Waals surface area contributed by atoms with Crippen molar-refractivity contribution >= 4 is 5.91 Å². The van der Waals surface area contributed by atoms with E-state index >= 15 is 0 Å². The van der Waals surface area contributed by atoms with E-state index < -0.39 is 17.4 Å². The molecule has 122 valence electrons. The number of hydrogen-bond donors (Lipinski definition) is 2. The van der Waals surface area contributed by atoms with Crippen LogP contribution in [0.4, 0.5) is 0 Å². The van der Waals surface area contributed by atoms with Crippen LogP contribution in [0.1, 0.15) is 23.7 Å². The van der Waals surface area contributed by atoms with Gasteiger partial charge in [-0.2, -0.15) is 0 Å². The van der Waals surface area contributed by atoms with Crippen LogP contribution >= 0.6 is 0 Å². The van der Waals surface area contributed by atoms with Crippen molar-refractivity contribution in [1.29, 1.82) is 0 Å². The summed E-state index contributed by atoms with van der Waals surface area (Å²) in [5.41, 5.74) is 6.08. The summed E-state index contributed by atoms with van der Waals surface area (Å²) in [5, 5.41) is 11.0. The Hall–Kier alpha value is -2.17. The third-order valence-electron chi connectivity index (χ3n) is 4.26. The number of carbonyl (C=O) groups is 1. The lowest BCUT2D eigenvalue weighted by Crippen LogP contribution is -2.48. The van der Waals surface area contributed by atoms with Crippen LogP contribution in [0.2, 0.25) is 0 Å². The van der Waals surface area contributed by atoms with Gasteiger partial charge >= 0.3 is 0 Å². The van der Waals surface area contributed by atoms with Crippen LogP contribution in [0.3, 0.4) is 0 Å². The fourth-order valence-electron chi connectivity index (χ4n) is 2.89. The van der Waals surface area contributed by atoms with Crippen molar-refractivity contribution < 1.29 is 9.90 Å². The molecule has 0 saturated carbocycles. The topological polar surface area (TPSA) is 66.6 Å². The third-order valence-corrected chi connectivity index (χ3v) is 4.26. The number of hydrogen-bond acceptors (Lipinski definition) is 3. The number of carbonyl (C=O) groups excluding carboxylic acids is 1. The van der Waals surface area contributed by atoms with Gasteiger partial charge in [0.1, 0.15) is 5.41 Å². The van der Waals surface area contributed by atoms with Crippen LogP contribution in [0.15, 0.2) is 60.7 Å². The fourth-order valence-corrected chi connectivity index (χ4v) is 2.89. The predicted octanol–water partition coefficient (Wildman–Crippen LogP) is 2.09. The number of aliphatic hydroxyl groups excluding tert-OH is 1. The lowest BCUT2D eigenvalue weighted by molar-refractivity contribution is -0.129. The molecule has 23 heavy (non-hydrogen) atoms. The monoisotopic (exact) mass is 312 g/mol. The van der Waals surface area contributed by atoms with E-state index in [2.05, 4.69) is 0 Å². The van der Waals surface area contributed by atoms with Crippen LogP contribution in [-0.4, -0.2) is 36.6 Å². The largest absolute Gasteiger partial charge is 0.387 e. The van der Waals surface area contributed by atoms with E-state index in [1.165, 1.54) is 0 Å². The van der Waals surface area contributed by atoms with Gasteiger partial charge in [-0.15, -0.1) is 0 Å². The molecule has 0 spiro atoms. The molecule has 2 atom stereocenters. The van der Waals surface area contributed by atoms with E-state index in [-0.39, 0.29) is 0 Å². The normalized spacial score (nSPS) is 15.1. The Labute approximate surface area is 137 Å². The summed E-state index contributed by atoms with van der Waals surface area (Å²) < 4.78 is 0. The first kappa shape index (κ1) is 17.2. The Morgan fingerprint density at radius 1 is 1.09 bits per heavy atom. The summed E-state index contributed by atoms with van der Waals surface area (Å²) in [5.74, 6) is -0.512. The van der Waals surface area contributed by atoms with Crippen molar-refractivity contribution in [2.45, 2.75) is 17.9 Å². The summed E-state index contributed by atoms with van der Waals surface area (Å²) in [4.78, 5) is 14.5. The van der Waals surface area contributed by atoms with Gasteiger partial charge in [-0.25, -0.2) is 0 Å². The van der Waals surface area contributed by atoms with Gasteiger partial charge in [-0.1, -0.05) is 60.7 Å². The van der Waals surface area contributed by atoms with Gasteiger partial charge in [0.05, 0.1) is 6.10 Å². The smallest absolute Gasteiger partial charge is 0.231 e. The molecule has 2 aromatic carbocycles. The lowest BCUT2D eigenvalue weighted by atomic mass is 9.70. The molecule has 0 heterocycles. The number of benzene rings is 2. The zero-order chi connectivity index (χ0) is 16.9. The van der Waals surface area contributed by atoms with Gasteiger partial charge in [0.15, 0.2) is 0 Å². The standard InChI is InChI=1S/C19H24N2O2/c1-21(2)14-13-19(18(20)23,16-11-7-4-8-12-16)17(22)15-9-5-3-6-10-15/h3-12,17,22H,13-14H2,1-2H3,(H2,20,23). The number of aliphatic hydroxyl groups is 1. The molecule has 0 aliphatic carbocycles. The van der Waals surface area contributed by atoms with Crippen LogP contribution in [-0.2, 0) is 10.2 Å². The summed E-state index contributed by atoms with van der Waals surface area (Å²) in [6, 6.07) is 18.5. The molecule has 4 heteroatoms. The van der Waals surface area contributed by atoms with E-state index in [9.17, 15) is 9.90 Å². The van der Waals surface area contributed by atoms with E-state index in [1.807, 2.05) is 79.7 Å². The molecule has 0 radical (unpaired) electrons. The highest BCUT2D eigenvalue weighted by Gasteiger charge is 2.45. The highest BCUT2D eigenvalue weighted by Crippen LogP contribution is 2.40. The van der Waals surface area contributed by atoms with Crippen LogP contribution in [0.5, 0.6) is 0 Å². The molecule has 0 bridgehead atoms. The molecule has 0 fully saturated rings. The van der Waals surface area contributed by atoms with E-state index in [1.54, 1.807) is 0 Å². The van der Waals surface area contributed by atoms with E-state index in [4.69, 9.17) is 5.73 Å². The Morgan fingerprint density at radius 3 is 2.09 bits per heavy atom. The Kier molecular flexibility index (Phi) is 5.53. The minimum atomic E-state index is -1.16. The Bertz CT molecular complexity index is 628. The molecule has 2 unspecified atom stereocenters. The van der Waals surface area contributed by atoms with Crippen molar-refractivity contribution in [3.8, 4) is 0 Å². The highest BCUT2D eigenvalue weighted by molar-refractivity contribution is 5.87. The highest BCUT2D eigenvalue weighted by atomic mass is 16.3. The molecule has 2 rings (SSSR count). The minimum Gasteiger partial charge on any atom is -0.387 e. The number of primary amides is 1. The summed E-state index contributed by atoms with van der Waals surface area (Å²) >= 11 is 0. The number of nitrogens with two attached hydrogens (primary N) is 1. The molecule has 0 aliphatic rings. The van der Waals surface area contributed by atoms with Crippen molar-refractivity contribution in [1.82, 2.24) is 4.90 Å². The maximum atomic E-state index is 12.5. The summed E-state index contributed by atoms with van der Waals surface area (Å²) in [7, 11) is 3.87. The summed E-state index contributed by atoms with van der Waals surface area (Å²) in [6.45, 7) is 0.641. The van der Waals surface area contributed by atoms with Crippen LogP contribution in [0, 0.1) is 0 Å². The van der Waals surface area contributed by atoms with E-state index in [0.717, 1.165) is 5.56 Å². The van der Waals surface area contributed by atoms with Gasteiger partial charge < -0.3 is 15.7 Å². The third kappa shape index (κ3) is 3.60. The van der Waals surface area contributed by atoms with Gasteiger partial charge in [0.25, 0.3) is 0 Å². The minimum absolute atomic E-state index is 0.440. The number of amides is 1. The zero-order valence-electron chi connectivity index (χ0n) is 13.6. The molecule has 1 amide bonds. The van der Waals surface area contributed by atoms with Crippen molar-refractivity contribution in [2.24, 2.45) is 5.73 Å². The molecule has 0 aliphatic heterocycles. The predicted molar refractivity (Wildman–Crippen MR) is 91.9 cm³/mol. The first-order chi connectivity index (χ1) is 11.0. The van der Waals surface area contributed by atoms with Crippen molar-refractivity contribution in [3.05, 3.63) is 71.8 Å². The Balaban J connectivity index is 2.54. The number of nitrogens with zero attached hydrogens (tertiary/aromatic N) is 1. The summed E-state index contributed by atoms with van der Waals surface area (Å²) in [6.07, 6.45) is -0.557. The molecule has 0 saturated heterocycles. The fraction of sp³-hybridized carbons (Fsp3) is 0.316. The quantitative estimate of drug-likeness (QED) is 0.823. The molecule has 2 aromatic rings. The van der Waals surface area contributed by atoms with Gasteiger partial charge in [-0.3, -0.25) is 4.79 Å². The maximum absolute atomic E-state index is 12.5. The van der Waals surface area contributed by atoms with Crippen molar-refractivity contribution in [2.75, 3.05) is 20.6 Å². The molecular formula is C19H24N2O2. The maximum Gasteiger partial charge on any atom is 0.231 e. The molecule has 3 N–H and O–H groups in total. The molecular weight excluding hydrogens is 288 g/mol. The van der Waals surface area contributed by atoms with Gasteiger partial charge in [0.2, 0.25) is 5.91 Å². The molecule has 4 nitrogen and oxygen atoms in total. The second kappa shape index (κ2) is 7.40. The van der Waals surface area contributed by atoms with Crippen LogP contribution in [0.25, 0.3) is 0 Å². The van der Waals surface area contributed by atoms with Gasteiger partial charge in [0, 0.05) is 0 Å². The second-order valence-corrected chi connectivity index (χ2v) is 6.07. The van der Waals surface area contributed by atoms with Gasteiger partial charge in [-0.05, 0) is 38.2 Å². The molecule has 0 aromatic heterocycles. The second-order valence-electron chi connectivity index (χ2n) is 6.07. The first-order valence-corrected chi connectivity index (χ1v) is 7.71. The van der Waals surface area contributed by atoms with Crippen LogP contribution < -0.4 is 5.73 Å². The first-order valence-electron chi connectivity index (χ1n) is 7.71. The van der Waals surface area contributed by atoms with E-state index in [0.29, 0.717) is 18.5 Å². The zero-order valence-corrected chi connectivity index (χ0v) is 13.6. The van der Waals surface area contributed by atoms with Crippen molar-refractivity contribution in [3.63, 3.8) is 0 Å². The lowest BCUT2D eigenvalue weighted by Gasteiger charge is -2.37.